The maximum atomic E-state index is 2.56. The van der Waals surface area contributed by atoms with Crippen LogP contribution in [0.2, 0.25) is 0 Å². The van der Waals surface area contributed by atoms with E-state index < -0.39 is 0 Å². The van der Waals surface area contributed by atoms with Gasteiger partial charge in [0.1, 0.15) is 0 Å². The van der Waals surface area contributed by atoms with Crippen LogP contribution in [0.3, 0.4) is 0 Å². The van der Waals surface area contributed by atoms with E-state index in [4.69, 9.17) is 0 Å². The summed E-state index contributed by atoms with van der Waals surface area (Å²) in [5.41, 5.74) is 15.9. The predicted molar refractivity (Wildman–Crippen MR) is 257 cm³/mol. The molecule has 1 aliphatic rings. The van der Waals surface area contributed by atoms with Crippen molar-refractivity contribution in [3.63, 3.8) is 0 Å². The molecule has 0 bridgehead atoms. The van der Waals surface area contributed by atoms with E-state index in [1.165, 1.54) is 90.4 Å². The van der Waals surface area contributed by atoms with Gasteiger partial charge < -0.3 is 9.80 Å². The second-order valence-corrected chi connectivity index (χ2v) is 22.4. The molecule has 7 rings (SSSR count). The largest absolute Gasteiger partial charge is 0.310 e. The first-order chi connectivity index (χ1) is 27.1. The molecule has 0 atom stereocenters. The van der Waals surface area contributed by atoms with Crippen LogP contribution in [0.5, 0.6) is 0 Å². The number of hydrogen-bond acceptors (Lipinski definition) is 3. The third-order valence-corrected chi connectivity index (χ3v) is 13.6. The Morgan fingerprint density at radius 1 is 0.517 bits per heavy atom. The number of anilines is 6. The summed E-state index contributed by atoms with van der Waals surface area (Å²) < 4.78 is 1.36. The normalized spacial score (nSPS) is 15.3. The lowest BCUT2D eigenvalue weighted by Crippen LogP contribution is -2.33. The highest BCUT2D eigenvalue weighted by Gasteiger charge is 2.38. The van der Waals surface area contributed by atoms with Gasteiger partial charge in [-0.1, -0.05) is 140 Å². The van der Waals surface area contributed by atoms with Crippen LogP contribution in [-0.4, -0.2) is 0 Å². The topological polar surface area (TPSA) is 6.48 Å². The van der Waals surface area contributed by atoms with Crippen molar-refractivity contribution in [1.82, 2.24) is 0 Å². The van der Waals surface area contributed by atoms with Crippen molar-refractivity contribution in [2.45, 2.75) is 150 Å². The monoisotopic (exact) mass is 789 g/mol. The van der Waals surface area contributed by atoms with Crippen LogP contribution >= 0.6 is 11.3 Å². The molecule has 0 radical (unpaired) electrons. The highest BCUT2D eigenvalue weighted by Crippen LogP contribution is 2.51. The molecule has 5 aromatic carbocycles. The molecular formula is C55H68N2S. The molecule has 0 spiro atoms. The molecule has 304 valence electrons. The van der Waals surface area contributed by atoms with Gasteiger partial charge in [-0.2, -0.15) is 0 Å². The lowest BCUT2D eigenvalue weighted by Gasteiger charge is -2.42. The first-order valence-corrected chi connectivity index (χ1v) is 22.6. The third kappa shape index (κ3) is 8.26. The fourth-order valence-electron chi connectivity index (χ4n) is 8.80. The van der Waals surface area contributed by atoms with E-state index in [1.54, 1.807) is 0 Å². The zero-order valence-corrected chi connectivity index (χ0v) is 38.8. The van der Waals surface area contributed by atoms with Crippen molar-refractivity contribution in [1.29, 1.82) is 0 Å². The van der Waals surface area contributed by atoms with Gasteiger partial charge >= 0.3 is 0 Å². The maximum absolute atomic E-state index is 2.56. The molecule has 1 aromatic heterocycles. The Hall–Kier alpha value is -4.34. The van der Waals surface area contributed by atoms with Crippen LogP contribution < -0.4 is 9.80 Å². The molecule has 6 aromatic rings. The molecule has 1 aliphatic carbocycles. The zero-order valence-electron chi connectivity index (χ0n) is 38.0. The number of thiophene rings is 1. The quantitative estimate of drug-likeness (QED) is 0.152. The summed E-state index contributed by atoms with van der Waals surface area (Å²) in [6.45, 7) is 32.8. The molecule has 3 heteroatoms. The van der Waals surface area contributed by atoms with E-state index in [-0.39, 0.29) is 27.1 Å². The van der Waals surface area contributed by atoms with E-state index in [1.807, 2.05) is 11.3 Å². The predicted octanol–water partition coefficient (Wildman–Crippen LogP) is 17.0. The lowest BCUT2D eigenvalue weighted by atomic mass is 9.63. The van der Waals surface area contributed by atoms with E-state index in [0.717, 1.165) is 12.8 Å². The van der Waals surface area contributed by atoms with E-state index >= 15 is 0 Å². The average Bonchev–Trinajstić information content (AvgIpc) is 3.55. The van der Waals surface area contributed by atoms with Crippen LogP contribution in [0.1, 0.15) is 150 Å². The molecule has 0 saturated carbocycles. The zero-order chi connectivity index (χ0) is 42.0. The summed E-state index contributed by atoms with van der Waals surface area (Å²) >= 11 is 1.89. The minimum absolute atomic E-state index is 0.0170. The Labute approximate surface area is 355 Å². The summed E-state index contributed by atoms with van der Waals surface area (Å²) in [7, 11) is 0. The van der Waals surface area contributed by atoms with Gasteiger partial charge in [-0.3, -0.25) is 0 Å². The van der Waals surface area contributed by atoms with Gasteiger partial charge in [0, 0.05) is 43.9 Å². The number of rotatable bonds is 8. The minimum atomic E-state index is 0.0170. The van der Waals surface area contributed by atoms with Gasteiger partial charge in [-0.25, -0.2) is 0 Å². The molecule has 0 saturated heterocycles. The van der Waals surface area contributed by atoms with Gasteiger partial charge in [0.25, 0.3) is 0 Å². The van der Waals surface area contributed by atoms with Crippen LogP contribution in [0.4, 0.5) is 34.1 Å². The van der Waals surface area contributed by atoms with Gasteiger partial charge in [0.2, 0.25) is 0 Å². The molecule has 0 aliphatic heterocycles. The maximum Gasteiger partial charge on any atom is 0.0647 e. The average molecular weight is 789 g/mol. The molecular weight excluding hydrogens is 721 g/mol. The number of aryl methyl sites for hydroxylation is 1. The molecule has 1 heterocycles. The van der Waals surface area contributed by atoms with Crippen molar-refractivity contribution in [3.05, 3.63) is 142 Å². The van der Waals surface area contributed by atoms with Crippen molar-refractivity contribution < 1.29 is 0 Å². The first-order valence-electron chi connectivity index (χ1n) is 21.7. The minimum Gasteiger partial charge on any atom is -0.310 e. The number of hydrogen-bond donors (Lipinski definition) is 0. The Morgan fingerprint density at radius 3 is 1.52 bits per heavy atom. The fraction of sp³-hybridized carbons (Fsp3) is 0.418. The summed E-state index contributed by atoms with van der Waals surface area (Å²) in [4.78, 5) is 5.05. The highest BCUT2D eigenvalue weighted by molar-refractivity contribution is 7.17. The number of benzene rings is 5. The van der Waals surface area contributed by atoms with Crippen LogP contribution in [0.15, 0.2) is 109 Å². The number of fused-ring (bicyclic) bond motifs is 2. The van der Waals surface area contributed by atoms with Crippen molar-refractivity contribution in [2.75, 3.05) is 9.80 Å². The SMILES string of the molecule is CCCc1cc(N(c2cccc(C(C)(C)C)c2)c2cccc(C(C)(C)C)c2)cc(N(c2ccc(C(C)(C)C)cc2)c2csc3cc4c(cc23)C(C)(C)CCC4(C)C)c1. The van der Waals surface area contributed by atoms with Crippen molar-refractivity contribution >= 4 is 55.5 Å². The van der Waals surface area contributed by atoms with Crippen LogP contribution in [-0.2, 0) is 33.5 Å². The Bertz CT molecular complexity index is 2360. The summed E-state index contributed by atoms with van der Waals surface area (Å²) in [5.74, 6) is 0. The van der Waals surface area contributed by atoms with Crippen LogP contribution in [0, 0.1) is 0 Å². The Kier molecular flexibility index (Phi) is 10.8. The summed E-state index contributed by atoms with van der Waals surface area (Å²) in [6.07, 6.45) is 4.47. The number of nitrogens with zero attached hydrogens (tertiary/aromatic N) is 2. The smallest absolute Gasteiger partial charge is 0.0647 e. The van der Waals surface area contributed by atoms with E-state index in [2.05, 4.69) is 215 Å². The van der Waals surface area contributed by atoms with Gasteiger partial charge in [0.15, 0.2) is 0 Å². The second kappa shape index (κ2) is 15.0. The molecule has 2 nitrogen and oxygen atoms in total. The second-order valence-electron chi connectivity index (χ2n) is 21.5. The van der Waals surface area contributed by atoms with E-state index in [0.29, 0.717) is 0 Å². The van der Waals surface area contributed by atoms with Gasteiger partial charge in [0.05, 0.1) is 5.69 Å². The third-order valence-electron chi connectivity index (χ3n) is 12.7. The van der Waals surface area contributed by atoms with E-state index in [9.17, 15) is 0 Å². The standard InChI is InChI=1S/C55H68N2S/c1-15-18-37-29-44(56(42-21-16-19-39(31-42)52(5,6)7)43-22-17-20-40(32-43)53(8,9)10)33-45(30-37)57(41-25-23-38(24-26-41)51(2,3)4)49-36-58-50-35-48-47(34-46(49)50)54(11,12)27-28-55(48,13)14/h16-17,19-26,29-36H,15,18,27-28H2,1-14H3. The summed E-state index contributed by atoms with van der Waals surface area (Å²) in [5, 5.41) is 3.75. The van der Waals surface area contributed by atoms with Gasteiger partial charge in [-0.05, 0) is 146 Å². The molecule has 0 N–H and O–H groups in total. The molecule has 0 fully saturated rings. The lowest BCUT2D eigenvalue weighted by molar-refractivity contribution is 0.332. The van der Waals surface area contributed by atoms with Crippen LogP contribution in [0.25, 0.3) is 10.1 Å². The Morgan fingerprint density at radius 2 is 1.02 bits per heavy atom. The van der Waals surface area contributed by atoms with Gasteiger partial charge in [-0.15, -0.1) is 11.3 Å². The fourth-order valence-corrected chi connectivity index (χ4v) is 9.75. The first kappa shape index (κ1) is 41.8. The molecule has 0 unspecified atom stereocenters. The van der Waals surface area contributed by atoms with Crippen molar-refractivity contribution in [2.24, 2.45) is 0 Å². The summed E-state index contributed by atoms with van der Waals surface area (Å²) in [6, 6.07) is 40.2. The Balaban J connectivity index is 1.51. The molecule has 0 amide bonds. The van der Waals surface area contributed by atoms with Crippen molar-refractivity contribution in [3.8, 4) is 0 Å². The molecule has 58 heavy (non-hydrogen) atoms. The highest BCUT2D eigenvalue weighted by atomic mass is 32.1.